The van der Waals surface area contributed by atoms with Gasteiger partial charge in [0, 0.05) is 31.9 Å². The highest BCUT2D eigenvalue weighted by atomic mass is 32.2. The molecule has 0 amide bonds. The van der Waals surface area contributed by atoms with Gasteiger partial charge in [0.15, 0.2) is 9.84 Å². The van der Waals surface area contributed by atoms with Crippen LogP contribution in [0.5, 0.6) is 0 Å². The van der Waals surface area contributed by atoms with Gasteiger partial charge in [-0.15, -0.1) is 0 Å². The second-order valence-electron chi connectivity index (χ2n) is 8.31. The second kappa shape index (κ2) is 8.83. The minimum absolute atomic E-state index is 0.0421. The molecule has 1 N–H and O–H groups in total. The summed E-state index contributed by atoms with van der Waals surface area (Å²) in [7, 11) is -0.851. The molecule has 1 aliphatic carbocycles. The van der Waals surface area contributed by atoms with Gasteiger partial charge in [0.25, 0.3) is 0 Å². The summed E-state index contributed by atoms with van der Waals surface area (Å²) in [5.74, 6) is -1.80. The molecule has 0 saturated carbocycles. The Morgan fingerprint density at radius 3 is 2.47 bits per heavy atom. The molecule has 30 heavy (non-hydrogen) atoms. The summed E-state index contributed by atoms with van der Waals surface area (Å²) in [5, 5.41) is 10.9. The molecule has 1 heterocycles. The third-order valence-corrected chi connectivity index (χ3v) is 8.37. The number of methoxy groups -OCH3 is 2. The first-order valence-electron chi connectivity index (χ1n) is 10.5. The zero-order valence-corrected chi connectivity index (χ0v) is 19.1. The van der Waals surface area contributed by atoms with Crippen LogP contribution in [0, 0.1) is 5.41 Å². The minimum atomic E-state index is -3.67. The Morgan fingerprint density at radius 1 is 1.20 bits per heavy atom. The van der Waals surface area contributed by atoms with Gasteiger partial charge in [-0.1, -0.05) is 44.9 Å². The smallest absolute Gasteiger partial charge is 0.217 e. The first-order valence-corrected chi connectivity index (χ1v) is 12.2. The molecule has 0 radical (unpaired) electrons. The van der Waals surface area contributed by atoms with Crippen LogP contribution in [0.3, 0.4) is 0 Å². The largest absolute Gasteiger partial charge is 0.371 e. The van der Waals surface area contributed by atoms with Crippen LogP contribution in [0.1, 0.15) is 39.5 Å². The SMILES string of the molecule is CCCCC1(CC)CN(c2ccccc2)C2=CC(OC)C(O)(OC)C=C2S(=O)(=O)C1. The molecule has 3 unspecified atom stereocenters. The molecule has 1 saturated heterocycles. The number of rotatable bonds is 7. The predicted octanol–water partition coefficient (Wildman–Crippen LogP) is 3.64. The van der Waals surface area contributed by atoms with Crippen molar-refractivity contribution in [3.05, 3.63) is 53.1 Å². The fourth-order valence-electron chi connectivity index (χ4n) is 4.45. The first kappa shape index (κ1) is 23.0. The molecule has 6 nitrogen and oxygen atoms in total. The normalized spacial score (nSPS) is 30.8. The van der Waals surface area contributed by atoms with E-state index in [9.17, 15) is 13.5 Å². The molecule has 1 aromatic rings. The average molecular weight is 436 g/mol. The maximum atomic E-state index is 13.6. The highest BCUT2D eigenvalue weighted by Gasteiger charge is 2.48. The molecule has 3 rings (SSSR count). The maximum absolute atomic E-state index is 13.6. The van der Waals surface area contributed by atoms with Gasteiger partial charge in [0.1, 0.15) is 6.10 Å². The van der Waals surface area contributed by atoms with Gasteiger partial charge in [0.05, 0.1) is 16.4 Å². The molecule has 0 aromatic heterocycles. The Bertz CT molecular complexity index is 911. The Hall–Kier alpha value is -1.67. The van der Waals surface area contributed by atoms with Crippen LogP contribution in [0.2, 0.25) is 0 Å². The van der Waals surface area contributed by atoms with Crippen LogP contribution >= 0.6 is 0 Å². The Morgan fingerprint density at radius 2 is 1.90 bits per heavy atom. The highest BCUT2D eigenvalue weighted by Crippen LogP contribution is 2.44. The lowest BCUT2D eigenvalue weighted by Crippen LogP contribution is -2.46. The van der Waals surface area contributed by atoms with Crippen molar-refractivity contribution in [2.24, 2.45) is 5.41 Å². The topological polar surface area (TPSA) is 76.1 Å². The van der Waals surface area contributed by atoms with E-state index < -0.39 is 27.1 Å². The molecule has 1 aromatic carbocycles. The Labute approximate surface area is 180 Å². The summed E-state index contributed by atoms with van der Waals surface area (Å²) in [6, 6.07) is 9.79. The van der Waals surface area contributed by atoms with Gasteiger partial charge in [-0.2, -0.15) is 0 Å². The van der Waals surface area contributed by atoms with Gasteiger partial charge >= 0.3 is 0 Å². The third kappa shape index (κ3) is 4.21. The van der Waals surface area contributed by atoms with E-state index in [0.717, 1.165) is 31.4 Å². The number of benzene rings is 1. The fourth-order valence-corrected chi connectivity index (χ4v) is 6.70. The fraction of sp³-hybridized carbons (Fsp3) is 0.565. The zero-order chi connectivity index (χ0) is 22.0. The third-order valence-electron chi connectivity index (χ3n) is 6.38. The van der Waals surface area contributed by atoms with E-state index in [1.807, 2.05) is 30.3 Å². The molecule has 7 heteroatoms. The number of hydrogen-bond acceptors (Lipinski definition) is 6. The summed E-state index contributed by atoms with van der Waals surface area (Å²) < 4.78 is 38.0. The van der Waals surface area contributed by atoms with E-state index in [-0.39, 0.29) is 10.7 Å². The van der Waals surface area contributed by atoms with Gasteiger partial charge in [-0.05, 0) is 37.1 Å². The van der Waals surface area contributed by atoms with E-state index in [1.165, 1.54) is 20.3 Å². The van der Waals surface area contributed by atoms with Crippen molar-refractivity contribution in [2.45, 2.75) is 51.4 Å². The molecular weight excluding hydrogens is 402 g/mol. The van der Waals surface area contributed by atoms with Crippen LogP contribution in [-0.2, 0) is 19.3 Å². The summed E-state index contributed by atoms with van der Waals surface area (Å²) in [6.45, 7) is 4.77. The molecule has 0 spiro atoms. The van der Waals surface area contributed by atoms with Gasteiger partial charge in [0.2, 0.25) is 5.79 Å². The summed E-state index contributed by atoms with van der Waals surface area (Å²) in [6.07, 6.45) is 5.71. The molecule has 1 aliphatic heterocycles. The molecule has 2 aliphatic rings. The zero-order valence-electron chi connectivity index (χ0n) is 18.3. The van der Waals surface area contributed by atoms with E-state index in [4.69, 9.17) is 9.47 Å². The first-order chi connectivity index (χ1) is 14.2. The lowest BCUT2D eigenvalue weighted by Gasteiger charge is -2.39. The van der Waals surface area contributed by atoms with Crippen molar-refractivity contribution < 1.29 is 23.0 Å². The summed E-state index contributed by atoms with van der Waals surface area (Å²) in [5.41, 5.74) is 1.07. The summed E-state index contributed by atoms with van der Waals surface area (Å²) >= 11 is 0. The number of fused-ring (bicyclic) bond motifs is 1. The van der Waals surface area contributed by atoms with E-state index in [2.05, 4.69) is 18.7 Å². The second-order valence-corrected chi connectivity index (χ2v) is 10.3. The van der Waals surface area contributed by atoms with Crippen molar-refractivity contribution in [3.8, 4) is 0 Å². The van der Waals surface area contributed by atoms with Crippen LogP contribution in [-0.4, -0.2) is 51.9 Å². The van der Waals surface area contributed by atoms with Crippen molar-refractivity contribution in [1.29, 1.82) is 0 Å². The maximum Gasteiger partial charge on any atom is 0.217 e. The number of anilines is 1. The lowest BCUT2D eigenvalue weighted by atomic mass is 9.81. The lowest BCUT2D eigenvalue weighted by molar-refractivity contribution is -0.203. The van der Waals surface area contributed by atoms with Crippen molar-refractivity contribution >= 4 is 15.5 Å². The minimum Gasteiger partial charge on any atom is -0.371 e. The summed E-state index contributed by atoms with van der Waals surface area (Å²) in [4.78, 5) is 2.17. The number of para-hydroxylation sites is 1. The quantitative estimate of drug-likeness (QED) is 0.659. The van der Waals surface area contributed by atoms with Crippen molar-refractivity contribution in [1.82, 2.24) is 0 Å². The average Bonchev–Trinajstić information content (AvgIpc) is 2.84. The number of hydrogen-bond donors (Lipinski definition) is 1. The van der Waals surface area contributed by atoms with Crippen molar-refractivity contribution in [3.63, 3.8) is 0 Å². The van der Waals surface area contributed by atoms with Crippen LogP contribution in [0.25, 0.3) is 0 Å². The number of nitrogens with zero attached hydrogens (tertiary/aromatic N) is 1. The molecule has 3 atom stereocenters. The Kier molecular flexibility index (Phi) is 6.77. The highest BCUT2D eigenvalue weighted by molar-refractivity contribution is 7.95. The van der Waals surface area contributed by atoms with Crippen LogP contribution < -0.4 is 4.90 Å². The Balaban J connectivity index is 2.23. The van der Waals surface area contributed by atoms with E-state index >= 15 is 0 Å². The van der Waals surface area contributed by atoms with Gasteiger partial charge in [-0.25, -0.2) is 8.42 Å². The molecule has 1 fully saturated rings. The van der Waals surface area contributed by atoms with Crippen LogP contribution in [0.15, 0.2) is 53.1 Å². The molecule has 0 bridgehead atoms. The number of unbranched alkanes of at least 4 members (excludes halogenated alkanes) is 1. The molecular formula is C23H33NO5S. The number of ether oxygens (including phenoxy) is 2. The number of sulfone groups is 1. The van der Waals surface area contributed by atoms with Gasteiger partial charge < -0.3 is 19.5 Å². The van der Waals surface area contributed by atoms with Crippen LogP contribution in [0.4, 0.5) is 5.69 Å². The van der Waals surface area contributed by atoms with Crippen molar-refractivity contribution in [2.75, 3.05) is 31.4 Å². The standard InChI is InChI=1S/C23H33NO5S/c1-5-7-13-22(6-2)16-24(18-11-9-8-10-12-18)19-14-21(28-3)23(25,29-4)15-20(19)30(26,27)17-22/h8-12,14-15,21,25H,5-7,13,16-17H2,1-4H3. The van der Waals surface area contributed by atoms with E-state index in [1.54, 1.807) is 6.08 Å². The number of aliphatic hydroxyl groups is 1. The predicted molar refractivity (Wildman–Crippen MR) is 119 cm³/mol. The van der Waals surface area contributed by atoms with E-state index in [0.29, 0.717) is 12.2 Å². The molecule has 166 valence electrons. The van der Waals surface area contributed by atoms with Gasteiger partial charge in [-0.3, -0.25) is 0 Å². The monoisotopic (exact) mass is 435 g/mol.